The second-order valence-corrected chi connectivity index (χ2v) is 4.16. The molecule has 1 rings (SSSR count). The largest absolute Gasteiger partial charge is 0.481 e. The second kappa shape index (κ2) is 6.28. The van der Waals surface area contributed by atoms with Crippen LogP contribution < -0.4 is 10.1 Å². The lowest BCUT2D eigenvalue weighted by molar-refractivity contribution is -0.128. The Kier molecular flexibility index (Phi) is 5.01. The molecule has 0 saturated carbocycles. The number of hydrogen-bond acceptors (Lipinski definition) is 2. The van der Waals surface area contributed by atoms with Gasteiger partial charge >= 0.3 is 0 Å². The Morgan fingerprint density at radius 1 is 1.29 bits per heavy atom. The zero-order chi connectivity index (χ0) is 12.8. The lowest BCUT2D eigenvalue weighted by atomic mass is 10.1. The van der Waals surface area contributed by atoms with Crippen LogP contribution in [0.1, 0.15) is 31.4 Å². The summed E-state index contributed by atoms with van der Waals surface area (Å²) in [6, 6.07) is 5.89. The molecule has 1 N–H and O–H groups in total. The quantitative estimate of drug-likeness (QED) is 0.852. The van der Waals surface area contributed by atoms with Gasteiger partial charge in [-0.3, -0.25) is 4.79 Å². The molecule has 0 aliphatic rings. The number of nitrogens with one attached hydrogen (secondary N) is 1. The first-order valence-corrected chi connectivity index (χ1v) is 6.10. The van der Waals surface area contributed by atoms with Crippen LogP contribution in [0.15, 0.2) is 18.2 Å². The highest BCUT2D eigenvalue weighted by Gasteiger charge is 2.17. The number of ether oxygens (including phenoxy) is 1. The Balaban J connectivity index is 2.73. The van der Waals surface area contributed by atoms with Crippen LogP contribution in [0.2, 0.25) is 0 Å². The van der Waals surface area contributed by atoms with E-state index in [4.69, 9.17) is 4.74 Å². The summed E-state index contributed by atoms with van der Waals surface area (Å²) in [5, 5.41) is 2.78. The molecule has 0 fully saturated rings. The molecule has 3 heteroatoms. The summed E-state index contributed by atoms with van der Waals surface area (Å²) in [7, 11) is 0. The van der Waals surface area contributed by atoms with Crippen molar-refractivity contribution in [2.75, 3.05) is 6.54 Å². The van der Waals surface area contributed by atoms with Crippen molar-refractivity contribution in [1.82, 2.24) is 5.32 Å². The van der Waals surface area contributed by atoms with Crippen LogP contribution in [0.25, 0.3) is 0 Å². The third-order valence-electron chi connectivity index (χ3n) is 2.77. The van der Waals surface area contributed by atoms with E-state index in [2.05, 4.69) is 12.2 Å². The standard InChI is InChI=1S/C14H21NO2/c1-5-13(14(16)15-6-2)17-12-8-7-10(3)11(4)9-12/h7-9,13H,5-6H2,1-4H3,(H,15,16). The monoisotopic (exact) mass is 235 g/mol. The van der Waals surface area contributed by atoms with Crippen LogP contribution in [0.5, 0.6) is 5.75 Å². The summed E-state index contributed by atoms with van der Waals surface area (Å²) in [5.41, 5.74) is 2.40. The normalized spacial score (nSPS) is 12.0. The fourth-order valence-corrected chi connectivity index (χ4v) is 1.56. The molecule has 0 aromatic heterocycles. The van der Waals surface area contributed by atoms with Crippen LogP contribution in [0, 0.1) is 13.8 Å². The predicted octanol–water partition coefficient (Wildman–Crippen LogP) is 2.60. The first-order chi connectivity index (χ1) is 8.08. The van der Waals surface area contributed by atoms with E-state index >= 15 is 0 Å². The summed E-state index contributed by atoms with van der Waals surface area (Å²) in [5.74, 6) is 0.708. The maximum Gasteiger partial charge on any atom is 0.261 e. The maximum absolute atomic E-state index is 11.7. The lowest BCUT2D eigenvalue weighted by Gasteiger charge is -2.17. The van der Waals surface area contributed by atoms with Crippen molar-refractivity contribution in [3.8, 4) is 5.75 Å². The summed E-state index contributed by atoms with van der Waals surface area (Å²) in [4.78, 5) is 11.7. The van der Waals surface area contributed by atoms with Gasteiger partial charge in [-0.2, -0.15) is 0 Å². The van der Waals surface area contributed by atoms with Gasteiger partial charge in [0.2, 0.25) is 0 Å². The van der Waals surface area contributed by atoms with Gasteiger partial charge < -0.3 is 10.1 Å². The molecule has 1 aromatic rings. The molecular formula is C14H21NO2. The number of hydrogen-bond donors (Lipinski definition) is 1. The van der Waals surface area contributed by atoms with Crippen molar-refractivity contribution < 1.29 is 9.53 Å². The zero-order valence-corrected chi connectivity index (χ0v) is 11.0. The van der Waals surface area contributed by atoms with Gasteiger partial charge in [-0.05, 0) is 50.5 Å². The highest BCUT2D eigenvalue weighted by atomic mass is 16.5. The third kappa shape index (κ3) is 3.77. The third-order valence-corrected chi connectivity index (χ3v) is 2.77. The smallest absolute Gasteiger partial charge is 0.261 e. The fraction of sp³-hybridized carbons (Fsp3) is 0.500. The van der Waals surface area contributed by atoms with E-state index in [0.717, 1.165) is 5.75 Å². The Bertz CT molecular complexity index is 388. The van der Waals surface area contributed by atoms with Crippen molar-refractivity contribution in [2.24, 2.45) is 0 Å². The molecule has 3 nitrogen and oxygen atoms in total. The van der Waals surface area contributed by atoms with Gasteiger partial charge in [0.25, 0.3) is 5.91 Å². The number of rotatable bonds is 5. The van der Waals surface area contributed by atoms with E-state index in [1.54, 1.807) is 0 Å². The molecule has 17 heavy (non-hydrogen) atoms. The van der Waals surface area contributed by atoms with E-state index in [0.29, 0.717) is 13.0 Å². The minimum Gasteiger partial charge on any atom is -0.481 e. The summed E-state index contributed by atoms with van der Waals surface area (Å²) >= 11 is 0. The molecule has 0 radical (unpaired) electrons. The van der Waals surface area contributed by atoms with Gasteiger partial charge in [0.15, 0.2) is 6.10 Å². The Labute approximate surface area is 103 Å². The van der Waals surface area contributed by atoms with Gasteiger partial charge in [0.05, 0.1) is 0 Å². The Hall–Kier alpha value is -1.51. The molecule has 0 bridgehead atoms. The average Bonchev–Trinajstić information content (AvgIpc) is 2.30. The van der Waals surface area contributed by atoms with Crippen molar-refractivity contribution >= 4 is 5.91 Å². The van der Waals surface area contributed by atoms with Crippen LogP contribution in [0.3, 0.4) is 0 Å². The molecule has 0 spiro atoms. The van der Waals surface area contributed by atoms with Gasteiger partial charge in [0, 0.05) is 6.54 Å². The molecule has 1 amide bonds. The summed E-state index contributed by atoms with van der Waals surface area (Å²) in [6.07, 6.45) is 0.260. The Morgan fingerprint density at radius 3 is 2.53 bits per heavy atom. The van der Waals surface area contributed by atoms with E-state index in [9.17, 15) is 4.79 Å². The number of carbonyl (C=O) groups excluding carboxylic acids is 1. The highest BCUT2D eigenvalue weighted by molar-refractivity contribution is 5.81. The van der Waals surface area contributed by atoms with Crippen LogP contribution in [-0.4, -0.2) is 18.6 Å². The molecule has 0 saturated heterocycles. The molecule has 1 aromatic carbocycles. The second-order valence-electron chi connectivity index (χ2n) is 4.16. The van der Waals surface area contributed by atoms with Crippen molar-refractivity contribution in [3.63, 3.8) is 0 Å². The minimum atomic E-state index is -0.406. The number of likely N-dealkylation sites (N-methyl/N-ethyl adjacent to an activating group) is 1. The van der Waals surface area contributed by atoms with E-state index in [1.807, 2.05) is 39.0 Å². The average molecular weight is 235 g/mol. The maximum atomic E-state index is 11.7. The first-order valence-electron chi connectivity index (χ1n) is 6.10. The van der Waals surface area contributed by atoms with Gasteiger partial charge in [-0.25, -0.2) is 0 Å². The summed E-state index contributed by atoms with van der Waals surface area (Å²) < 4.78 is 5.70. The topological polar surface area (TPSA) is 38.3 Å². The van der Waals surface area contributed by atoms with E-state index in [-0.39, 0.29) is 5.91 Å². The predicted molar refractivity (Wildman–Crippen MR) is 69.3 cm³/mol. The van der Waals surface area contributed by atoms with Crippen LogP contribution in [-0.2, 0) is 4.79 Å². The van der Waals surface area contributed by atoms with Crippen molar-refractivity contribution in [1.29, 1.82) is 0 Å². The number of benzene rings is 1. The van der Waals surface area contributed by atoms with Crippen molar-refractivity contribution in [2.45, 2.75) is 40.2 Å². The van der Waals surface area contributed by atoms with Crippen LogP contribution >= 0.6 is 0 Å². The van der Waals surface area contributed by atoms with Crippen molar-refractivity contribution in [3.05, 3.63) is 29.3 Å². The molecule has 0 aliphatic carbocycles. The number of aryl methyl sites for hydroxylation is 2. The van der Waals surface area contributed by atoms with Gasteiger partial charge in [-0.15, -0.1) is 0 Å². The van der Waals surface area contributed by atoms with Gasteiger partial charge in [-0.1, -0.05) is 13.0 Å². The molecule has 1 unspecified atom stereocenters. The molecule has 0 heterocycles. The van der Waals surface area contributed by atoms with Crippen LogP contribution in [0.4, 0.5) is 0 Å². The fourth-order valence-electron chi connectivity index (χ4n) is 1.56. The first kappa shape index (κ1) is 13.6. The number of carbonyl (C=O) groups is 1. The molecule has 94 valence electrons. The molecular weight excluding hydrogens is 214 g/mol. The molecule has 0 aliphatic heterocycles. The molecule has 1 atom stereocenters. The van der Waals surface area contributed by atoms with E-state index in [1.165, 1.54) is 11.1 Å². The summed E-state index contributed by atoms with van der Waals surface area (Å²) in [6.45, 7) is 8.57. The minimum absolute atomic E-state index is 0.0479. The lowest BCUT2D eigenvalue weighted by Crippen LogP contribution is -2.37. The highest BCUT2D eigenvalue weighted by Crippen LogP contribution is 2.18. The number of amides is 1. The van der Waals surface area contributed by atoms with Gasteiger partial charge in [0.1, 0.15) is 5.75 Å². The van der Waals surface area contributed by atoms with E-state index < -0.39 is 6.10 Å². The zero-order valence-electron chi connectivity index (χ0n) is 11.0. The Morgan fingerprint density at radius 2 is 2.00 bits per heavy atom. The SMILES string of the molecule is CCNC(=O)C(CC)Oc1ccc(C)c(C)c1.